The molecule has 0 spiro atoms. The SMILES string of the molecule is CS(=O)(=O)c1ccc2ncnc(NCCc3ccccc3)c2c1. The van der Waals surface area contributed by atoms with Crippen molar-refractivity contribution >= 4 is 26.6 Å². The Hall–Kier alpha value is -2.47. The topological polar surface area (TPSA) is 72.0 Å². The molecular formula is C17H17N3O2S. The van der Waals surface area contributed by atoms with Crippen molar-refractivity contribution in [3.8, 4) is 0 Å². The van der Waals surface area contributed by atoms with Crippen LogP contribution in [0.25, 0.3) is 10.9 Å². The monoisotopic (exact) mass is 327 g/mol. The fourth-order valence-corrected chi connectivity index (χ4v) is 3.02. The van der Waals surface area contributed by atoms with Gasteiger partial charge in [0.05, 0.1) is 10.4 Å². The second-order valence-electron chi connectivity index (χ2n) is 5.34. The van der Waals surface area contributed by atoms with Gasteiger partial charge in [0, 0.05) is 18.2 Å². The molecule has 23 heavy (non-hydrogen) atoms. The summed E-state index contributed by atoms with van der Waals surface area (Å²) in [5, 5.41) is 3.98. The largest absolute Gasteiger partial charge is 0.369 e. The minimum atomic E-state index is -3.26. The van der Waals surface area contributed by atoms with Gasteiger partial charge in [0.25, 0.3) is 0 Å². The highest BCUT2D eigenvalue weighted by Gasteiger charge is 2.10. The number of sulfone groups is 1. The molecule has 0 bridgehead atoms. The first-order valence-corrected chi connectivity index (χ1v) is 9.16. The predicted molar refractivity (Wildman–Crippen MR) is 91.3 cm³/mol. The molecule has 1 N–H and O–H groups in total. The Morgan fingerprint density at radius 2 is 1.83 bits per heavy atom. The van der Waals surface area contributed by atoms with Gasteiger partial charge in [0.15, 0.2) is 9.84 Å². The number of nitrogens with one attached hydrogen (secondary N) is 1. The third-order valence-corrected chi connectivity index (χ3v) is 4.69. The fraction of sp³-hybridized carbons (Fsp3) is 0.176. The van der Waals surface area contributed by atoms with Gasteiger partial charge in [0.1, 0.15) is 12.1 Å². The van der Waals surface area contributed by atoms with Crippen LogP contribution in [0.15, 0.2) is 59.8 Å². The quantitative estimate of drug-likeness (QED) is 0.780. The highest BCUT2D eigenvalue weighted by molar-refractivity contribution is 7.90. The third kappa shape index (κ3) is 3.65. The number of rotatable bonds is 5. The summed E-state index contributed by atoms with van der Waals surface area (Å²) in [6, 6.07) is 15.0. The molecule has 0 saturated heterocycles. The summed E-state index contributed by atoms with van der Waals surface area (Å²) in [6.45, 7) is 0.708. The normalized spacial score (nSPS) is 11.5. The fourth-order valence-electron chi connectivity index (χ4n) is 2.38. The van der Waals surface area contributed by atoms with Crippen molar-refractivity contribution in [3.05, 3.63) is 60.4 Å². The summed E-state index contributed by atoms with van der Waals surface area (Å²) in [7, 11) is -3.26. The van der Waals surface area contributed by atoms with Crippen molar-refractivity contribution in [1.29, 1.82) is 0 Å². The van der Waals surface area contributed by atoms with E-state index in [4.69, 9.17) is 0 Å². The number of fused-ring (bicyclic) bond motifs is 1. The summed E-state index contributed by atoms with van der Waals surface area (Å²) in [5.41, 5.74) is 1.95. The van der Waals surface area contributed by atoms with Crippen molar-refractivity contribution in [2.75, 3.05) is 18.1 Å². The molecule has 0 atom stereocenters. The van der Waals surface area contributed by atoms with E-state index >= 15 is 0 Å². The number of hydrogen-bond donors (Lipinski definition) is 1. The number of anilines is 1. The molecular weight excluding hydrogens is 310 g/mol. The first-order valence-electron chi connectivity index (χ1n) is 7.27. The molecule has 0 aliphatic rings. The van der Waals surface area contributed by atoms with Crippen LogP contribution in [0, 0.1) is 0 Å². The molecule has 6 heteroatoms. The van der Waals surface area contributed by atoms with E-state index in [1.54, 1.807) is 18.2 Å². The van der Waals surface area contributed by atoms with E-state index in [0.717, 1.165) is 11.9 Å². The van der Waals surface area contributed by atoms with Crippen molar-refractivity contribution < 1.29 is 8.42 Å². The van der Waals surface area contributed by atoms with Crippen LogP contribution in [0.5, 0.6) is 0 Å². The van der Waals surface area contributed by atoms with E-state index in [-0.39, 0.29) is 4.90 Å². The molecule has 118 valence electrons. The van der Waals surface area contributed by atoms with Gasteiger partial charge in [-0.1, -0.05) is 30.3 Å². The van der Waals surface area contributed by atoms with Crippen molar-refractivity contribution in [2.45, 2.75) is 11.3 Å². The van der Waals surface area contributed by atoms with Gasteiger partial charge in [-0.25, -0.2) is 18.4 Å². The molecule has 1 aromatic heterocycles. The Bertz CT molecular complexity index is 925. The van der Waals surface area contributed by atoms with Crippen LogP contribution in [0.4, 0.5) is 5.82 Å². The van der Waals surface area contributed by atoms with E-state index in [1.807, 2.05) is 18.2 Å². The van der Waals surface area contributed by atoms with Gasteiger partial charge in [0.2, 0.25) is 0 Å². The Morgan fingerprint density at radius 1 is 1.04 bits per heavy atom. The van der Waals surface area contributed by atoms with E-state index in [9.17, 15) is 8.42 Å². The lowest BCUT2D eigenvalue weighted by molar-refractivity contribution is 0.602. The zero-order valence-electron chi connectivity index (χ0n) is 12.7. The molecule has 3 aromatic rings. The van der Waals surface area contributed by atoms with Crippen LogP contribution < -0.4 is 5.32 Å². The smallest absolute Gasteiger partial charge is 0.175 e. The Kier molecular flexibility index (Phi) is 4.25. The molecule has 0 fully saturated rings. The van der Waals surface area contributed by atoms with Crippen LogP contribution in [0.1, 0.15) is 5.56 Å². The molecule has 0 amide bonds. The van der Waals surface area contributed by atoms with Crippen LogP contribution in [-0.2, 0) is 16.3 Å². The molecule has 0 unspecified atom stereocenters. The summed E-state index contributed by atoms with van der Waals surface area (Å²) in [6.07, 6.45) is 3.53. The Morgan fingerprint density at radius 3 is 2.57 bits per heavy atom. The molecule has 0 aliphatic carbocycles. The van der Waals surface area contributed by atoms with Crippen LogP contribution >= 0.6 is 0 Å². The van der Waals surface area contributed by atoms with Crippen LogP contribution in [0.3, 0.4) is 0 Å². The highest BCUT2D eigenvalue weighted by atomic mass is 32.2. The zero-order valence-corrected chi connectivity index (χ0v) is 13.5. The molecule has 0 saturated carbocycles. The lowest BCUT2D eigenvalue weighted by atomic mass is 10.1. The number of hydrogen-bond acceptors (Lipinski definition) is 5. The first kappa shape index (κ1) is 15.4. The van der Waals surface area contributed by atoms with Crippen molar-refractivity contribution in [2.24, 2.45) is 0 Å². The second kappa shape index (κ2) is 6.34. The van der Waals surface area contributed by atoms with Gasteiger partial charge < -0.3 is 5.32 Å². The number of nitrogens with zero attached hydrogens (tertiary/aromatic N) is 2. The predicted octanol–water partition coefficient (Wildman–Crippen LogP) is 2.69. The zero-order chi connectivity index (χ0) is 16.3. The summed E-state index contributed by atoms with van der Waals surface area (Å²) in [4.78, 5) is 8.70. The molecule has 0 aliphatic heterocycles. The maximum absolute atomic E-state index is 11.7. The lowest BCUT2D eigenvalue weighted by Gasteiger charge is -2.09. The van der Waals surface area contributed by atoms with E-state index in [1.165, 1.54) is 18.1 Å². The summed E-state index contributed by atoms with van der Waals surface area (Å²) < 4.78 is 23.5. The Balaban J connectivity index is 1.85. The van der Waals surface area contributed by atoms with Crippen LogP contribution in [0.2, 0.25) is 0 Å². The maximum atomic E-state index is 11.7. The van der Waals surface area contributed by atoms with Crippen molar-refractivity contribution in [3.63, 3.8) is 0 Å². The van der Waals surface area contributed by atoms with Gasteiger partial charge in [-0.3, -0.25) is 0 Å². The second-order valence-corrected chi connectivity index (χ2v) is 7.35. The van der Waals surface area contributed by atoms with E-state index < -0.39 is 9.84 Å². The van der Waals surface area contributed by atoms with Gasteiger partial charge in [-0.2, -0.15) is 0 Å². The highest BCUT2D eigenvalue weighted by Crippen LogP contribution is 2.22. The molecule has 1 heterocycles. The van der Waals surface area contributed by atoms with Crippen molar-refractivity contribution in [1.82, 2.24) is 9.97 Å². The third-order valence-electron chi connectivity index (χ3n) is 3.58. The number of benzene rings is 2. The molecule has 0 radical (unpaired) electrons. The van der Waals surface area contributed by atoms with E-state index in [0.29, 0.717) is 17.7 Å². The molecule has 2 aromatic carbocycles. The maximum Gasteiger partial charge on any atom is 0.175 e. The van der Waals surface area contributed by atoms with Gasteiger partial charge >= 0.3 is 0 Å². The minimum absolute atomic E-state index is 0.269. The summed E-state index contributed by atoms with van der Waals surface area (Å²) >= 11 is 0. The minimum Gasteiger partial charge on any atom is -0.369 e. The number of aromatic nitrogens is 2. The van der Waals surface area contributed by atoms with Gasteiger partial charge in [-0.15, -0.1) is 0 Å². The summed E-state index contributed by atoms with van der Waals surface area (Å²) in [5.74, 6) is 0.649. The molecule has 3 rings (SSSR count). The average Bonchev–Trinajstić information content (AvgIpc) is 2.55. The average molecular weight is 327 g/mol. The standard InChI is InChI=1S/C17H17N3O2S/c1-23(21,22)14-7-8-16-15(11-14)17(20-12-19-16)18-10-9-13-5-3-2-4-6-13/h2-8,11-12H,9-10H2,1H3,(H,18,19,20). The van der Waals surface area contributed by atoms with E-state index in [2.05, 4.69) is 27.4 Å². The van der Waals surface area contributed by atoms with Crippen LogP contribution in [-0.4, -0.2) is 31.2 Å². The molecule has 5 nitrogen and oxygen atoms in total. The van der Waals surface area contributed by atoms with Gasteiger partial charge in [-0.05, 0) is 30.2 Å². The Labute approximate surface area is 135 Å². The lowest BCUT2D eigenvalue weighted by Crippen LogP contribution is -2.07. The first-order chi connectivity index (χ1) is 11.0.